The first kappa shape index (κ1) is 22.8. The largest absolute Gasteiger partial charge is 0.496 e. The second-order valence-corrected chi connectivity index (χ2v) is 7.03. The number of hydrogen-bond donors (Lipinski definition) is 1. The van der Waals surface area contributed by atoms with Crippen LogP contribution in [0.25, 0.3) is 0 Å². The van der Waals surface area contributed by atoms with Gasteiger partial charge in [0.05, 0.1) is 33.6 Å². The zero-order valence-corrected chi connectivity index (χ0v) is 18.8. The number of amides is 1. The van der Waals surface area contributed by atoms with Crippen LogP contribution in [0.4, 0.5) is 5.69 Å². The molecule has 0 heterocycles. The smallest absolute Gasteiger partial charge is 0.239 e. The molecule has 0 unspecified atom stereocenters. The van der Waals surface area contributed by atoms with Crippen LogP contribution in [0.1, 0.15) is 5.56 Å². The number of likely N-dealkylation sites (N-methyl/N-ethyl adjacent to an activating group) is 1. The van der Waals surface area contributed by atoms with Gasteiger partial charge < -0.3 is 29.2 Å². The van der Waals surface area contributed by atoms with Crippen molar-refractivity contribution >= 4 is 11.6 Å². The summed E-state index contributed by atoms with van der Waals surface area (Å²) in [6.45, 7) is 0.448. The van der Waals surface area contributed by atoms with E-state index in [0.29, 0.717) is 29.5 Å². The molecule has 0 spiro atoms. The number of carbonyl (C=O) groups excluding carboxylic acids is 1. The van der Waals surface area contributed by atoms with E-state index >= 15 is 0 Å². The van der Waals surface area contributed by atoms with Gasteiger partial charge in [-0.05, 0) is 30.3 Å². The Morgan fingerprint density at radius 1 is 0.812 bits per heavy atom. The molecule has 0 aliphatic heterocycles. The third-order valence-corrected chi connectivity index (χ3v) is 4.89. The number of benzene rings is 3. The van der Waals surface area contributed by atoms with Crippen LogP contribution >= 0.6 is 0 Å². The Balaban J connectivity index is 1.66. The Kier molecular flexibility index (Phi) is 7.80. The topological polar surface area (TPSA) is 69.3 Å². The van der Waals surface area contributed by atoms with Gasteiger partial charge in [0.15, 0.2) is 17.2 Å². The standard InChI is InChI=1S/C25H28N2O5/c1-27(20-12-8-9-13-21(20)32-19-10-6-5-7-11-19)17-25(28)26-16-18-14-23(30-3)24(31-4)15-22(18)29-2/h5-15H,16-17H2,1-4H3,(H,26,28). The number of rotatable bonds is 10. The first-order valence-electron chi connectivity index (χ1n) is 10.1. The van der Waals surface area contributed by atoms with Gasteiger partial charge in [-0.3, -0.25) is 4.79 Å². The van der Waals surface area contributed by atoms with E-state index in [1.54, 1.807) is 33.5 Å². The Morgan fingerprint density at radius 3 is 2.12 bits per heavy atom. The summed E-state index contributed by atoms with van der Waals surface area (Å²) in [6.07, 6.45) is 0. The number of carbonyl (C=O) groups is 1. The van der Waals surface area contributed by atoms with Crippen LogP contribution in [0.2, 0.25) is 0 Å². The van der Waals surface area contributed by atoms with Crippen LogP contribution in [0, 0.1) is 0 Å². The van der Waals surface area contributed by atoms with E-state index in [1.807, 2.05) is 66.5 Å². The number of hydrogen-bond acceptors (Lipinski definition) is 6. The Morgan fingerprint density at radius 2 is 1.44 bits per heavy atom. The first-order chi connectivity index (χ1) is 15.5. The van der Waals surface area contributed by atoms with Crippen molar-refractivity contribution in [1.29, 1.82) is 0 Å². The molecule has 0 aliphatic carbocycles. The molecule has 168 valence electrons. The molecule has 3 aromatic rings. The molecular formula is C25H28N2O5. The molecular weight excluding hydrogens is 408 g/mol. The molecule has 0 fully saturated rings. The number of methoxy groups -OCH3 is 3. The molecule has 1 N–H and O–H groups in total. The van der Waals surface area contributed by atoms with Gasteiger partial charge in [-0.1, -0.05) is 30.3 Å². The molecule has 0 aliphatic rings. The maximum Gasteiger partial charge on any atom is 0.239 e. The lowest BCUT2D eigenvalue weighted by Crippen LogP contribution is -2.35. The molecule has 32 heavy (non-hydrogen) atoms. The minimum absolute atomic E-state index is 0.140. The maximum absolute atomic E-state index is 12.7. The molecule has 0 atom stereocenters. The second-order valence-electron chi connectivity index (χ2n) is 7.03. The molecule has 0 bridgehead atoms. The van der Waals surface area contributed by atoms with Crippen molar-refractivity contribution in [1.82, 2.24) is 5.32 Å². The average molecular weight is 437 g/mol. The molecule has 1 amide bonds. The fraction of sp³-hybridized carbons (Fsp3) is 0.240. The molecule has 0 saturated carbocycles. The lowest BCUT2D eigenvalue weighted by molar-refractivity contribution is -0.119. The van der Waals surface area contributed by atoms with Gasteiger partial charge in [-0.15, -0.1) is 0 Å². The molecule has 0 saturated heterocycles. The zero-order chi connectivity index (χ0) is 22.9. The highest BCUT2D eigenvalue weighted by molar-refractivity contribution is 5.82. The summed E-state index contributed by atoms with van der Waals surface area (Å²) in [5, 5.41) is 2.93. The van der Waals surface area contributed by atoms with Crippen LogP contribution in [-0.2, 0) is 11.3 Å². The molecule has 7 nitrogen and oxygen atoms in total. The summed E-state index contributed by atoms with van der Waals surface area (Å²) in [4.78, 5) is 14.5. The summed E-state index contributed by atoms with van der Waals surface area (Å²) in [7, 11) is 6.55. The zero-order valence-electron chi connectivity index (χ0n) is 18.8. The van der Waals surface area contributed by atoms with E-state index in [-0.39, 0.29) is 12.5 Å². The van der Waals surface area contributed by atoms with Gasteiger partial charge >= 0.3 is 0 Å². The third-order valence-electron chi connectivity index (χ3n) is 4.89. The molecule has 0 aromatic heterocycles. The summed E-state index contributed by atoms with van der Waals surface area (Å²) in [5.74, 6) is 3.02. The van der Waals surface area contributed by atoms with Crippen molar-refractivity contribution in [2.45, 2.75) is 6.54 Å². The van der Waals surface area contributed by atoms with E-state index in [2.05, 4.69) is 5.32 Å². The van der Waals surface area contributed by atoms with Crippen molar-refractivity contribution in [2.24, 2.45) is 0 Å². The van der Waals surface area contributed by atoms with E-state index in [0.717, 1.165) is 17.0 Å². The van der Waals surface area contributed by atoms with Crippen molar-refractivity contribution < 1.29 is 23.7 Å². The predicted octanol–water partition coefficient (Wildman–Crippen LogP) is 4.26. The van der Waals surface area contributed by atoms with E-state index in [1.165, 1.54) is 0 Å². The van der Waals surface area contributed by atoms with Crippen LogP contribution in [-0.4, -0.2) is 40.8 Å². The number of ether oxygens (including phenoxy) is 4. The quantitative estimate of drug-likeness (QED) is 0.512. The highest BCUT2D eigenvalue weighted by Crippen LogP contribution is 2.34. The van der Waals surface area contributed by atoms with Crippen molar-refractivity contribution in [2.75, 3.05) is 39.8 Å². The summed E-state index contributed by atoms with van der Waals surface area (Å²) >= 11 is 0. The summed E-state index contributed by atoms with van der Waals surface area (Å²) in [5.41, 5.74) is 1.60. The summed E-state index contributed by atoms with van der Waals surface area (Å²) in [6, 6.07) is 20.7. The van der Waals surface area contributed by atoms with Gasteiger partial charge in [-0.2, -0.15) is 0 Å². The van der Waals surface area contributed by atoms with Crippen LogP contribution in [0.5, 0.6) is 28.7 Å². The van der Waals surface area contributed by atoms with Gasteiger partial charge in [0.25, 0.3) is 0 Å². The van der Waals surface area contributed by atoms with Crippen LogP contribution in [0.3, 0.4) is 0 Å². The Bertz CT molecular complexity index is 1040. The normalized spacial score (nSPS) is 10.2. The number of anilines is 1. The first-order valence-corrected chi connectivity index (χ1v) is 10.1. The lowest BCUT2D eigenvalue weighted by atomic mass is 10.1. The van der Waals surface area contributed by atoms with Gasteiger partial charge in [0.1, 0.15) is 11.5 Å². The SMILES string of the molecule is COc1cc(OC)c(OC)cc1CNC(=O)CN(C)c1ccccc1Oc1ccccc1. The van der Waals surface area contributed by atoms with Crippen LogP contribution < -0.4 is 29.2 Å². The highest BCUT2D eigenvalue weighted by atomic mass is 16.5. The van der Waals surface area contributed by atoms with Gasteiger partial charge in [-0.25, -0.2) is 0 Å². The number of nitrogens with zero attached hydrogens (tertiary/aromatic N) is 1. The van der Waals surface area contributed by atoms with E-state index in [4.69, 9.17) is 18.9 Å². The van der Waals surface area contributed by atoms with Crippen molar-refractivity contribution in [3.8, 4) is 28.7 Å². The highest BCUT2D eigenvalue weighted by Gasteiger charge is 2.15. The number of para-hydroxylation sites is 3. The number of nitrogens with one attached hydrogen (secondary N) is 1. The average Bonchev–Trinajstić information content (AvgIpc) is 2.83. The van der Waals surface area contributed by atoms with Crippen molar-refractivity contribution in [3.63, 3.8) is 0 Å². The van der Waals surface area contributed by atoms with Crippen LogP contribution in [0.15, 0.2) is 66.7 Å². The monoisotopic (exact) mass is 436 g/mol. The second kappa shape index (κ2) is 10.9. The minimum Gasteiger partial charge on any atom is -0.496 e. The fourth-order valence-corrected chi connectivity index (χ4v) is 3.26. The predicted molar refractivity (Wildman–Crippen MR) is 124 cm³/mol. The third kappa shape index (κ3) is 5.63. The maximum atomic E-state index is 12.7. The van der Waals surface area contributed by atoms with Gasteiger partial charge in [0.2, 0.25) is 5.91 Å². The molecule has 0 radical (unpaired) electrons. The van der Waals surface area contributed by atoms with E-state index < -0.39 is 0 Å². The van der Waals surface area contributed by atoms with Gasteiger partial charge in [0, 0.05) is 25.2 Å². The summed E-state index contributed by atoms with van der Waals surface area (Å²) < 4.78 is 22.1. The minimum atomic E-state index is -0.140. The van der Waals surface area contributed by atoms with Crippen molar-refractivity contribution in [3.05, 3.63) is 72.3 Å². The lowest BCUT2D eigenvalue weighted by Gasteiger charge is -2.22. The Labute approximate surface area is 188 Å². The molecule has 3 aromatic carbocycles. The van der Waals surface area contributed by atoms with E-state index in [9.17, 15) is 4.79 Å². The fourth-order valence-electron chi connectivity index (χ4n) is 3.26. The molecule has 3 rings (SSSR count). The molecule has 7 heteroatoms. The Hall–Kier alpha value is -3.87.